The van der Waals surface area contributed by atoms with Crippen LogP contribution in [0, 0.1) is 23.2 Å². The fourth-order valence-electron chi connectivity index (χ4n) is 9.03. The smallest absolute Gasteiger partial charge is 0.460 e. The van der Waals surface area contributed by atoms with Gasteiger partial charge >= 0.3 is 29.9 Å². The molecule has 288 valence electrons. The van der Waals surface area contributed by atoms with E-state index in [2.05, 4.69) is 0 Å². The Morgan fingerprint density at radius 1 is 0.820 bits per heavy atom. The maximum atomic E-state index is 16.1. The van der Waals surface area contributed by atoms with Crippen LogP contribution in [0.3, 0.4) is 0 Å². The van der Waals surface area contributed by atoms with Gasteiger partial charge in [0.2, 0.25) is 0 Å². The number of phenols is 1. The van der Waals surface area contributed by atoms with E-state index in [0.29, 0.717) is 25.9 Å². The third kappa shape index (κ3) is 7.20. The van der Waals surface area contributed by atoms with Crippen molar-refractivity contribution in [2.24, 2.45) is 23.2 Å². The molecule has 50 heavy (non-hydrogen) atoms. The van der Waals surface area contributed by atoms with Crippen molar-refractivity contribution in [3.05, 3.63) is 29.3 Å². The monoisotopic (exact) mass is 741 g/mol. The van der Waals surface area contributed by atoms with E-state index in [-0.39, 0.29) is 48.7 Å². The molecule has 0 spiro atoms. The molecule has 0 radical (unpaired) electrons. The van der Waals surface area contributed by atoms with Gasteiger partial charge in [-0.1, -0.05) is 32.3 Å². The van der Waals surface area contributed by atoms with Crippen molar-refractivity contribution >= 4 is 0 Å². The van der Waals surface area contributed by atoms with E-state index >= 15 is 4.39 Å². The van der Waals surface area contributed by atoms with Crippen molar-refractivity contribution in [1.29, 1.82) is 0 Å². The highest BCUT2D eigenvalue weighted by molar-refractivity contribution is 5.41. The summed E-state index contributed by atoms with van der Waals surface area (Å²) in [5.74, 6) is -27.3. The first-order valence-corrected chi connectivity index (χ1v) is 17.3. The number of hydrogen-bond acceptors (Lipinski definition) is 3. The SMILES string of the molecule is CN(CCCCC[C@@H]1Cc2cc(O)ccc2[C@@H]2[C@@H]1[C@@H]1CC[C@](C)(O)[C@@]1(C)C[C@@H]2F)CCCCCC(F)(F)C(F)(F)C(F)(F)C(F)(F)C(F)(F)F. The molecular formula is C35H47F12NO2. The number of unbranched alkanes of at least 4 members (excludes halogenated alkanes) is 4. The molecule has 0 bridgehead atoms. The largest absolute Gasteiger partial charge is 0.508 e. The normalized spacial score (nSPS) is 30.7. The van der Waals surface area contributed by atoms with Crippen molar-refractivity contribution in [1.82, 2.24) is 4.90 Å². The topological polar surface area (TPSA) is 43.7 Å². The first-order valence-electron chi connectivity index (χ1n) is 17.3. The van der Waals surface area contributed by atoms with Gasteiger partial charge in [-0.2, -0.15) is 48.3 Å². The van der Waals surface area contributed by atoms with Crippen LogP contribution < -0.4 is 0 Å². The molecule has 3 aliphatic rings. The molecule has 0 heterocycles. The lowest BCUT2D eigenvalue weighted by atomic mass is 9.50. The molecule has 2 saturated carbocycles. The van der Waals surface area contributed by atoms with Gasteiger partial charge in [0, 0.05) is 17.8 Å². The first kappa shape index (κ1) is 40.9. The molecule has 3 aliphatic carbocycles. The number of hydrogen-bond donors (Lipinski definition) is 2. The Morgan fingerprint density at radius 2 is 1.42 bits per heavy atom. The van der Waals surface area contributed by atoms with Crippen molar-refractivity contribution < 1.29 is 62.9 Å². The Hall–Kier alpha value is -1.90. The highest BCUT2D eigenvalue weighted by atomic mass is 19.4. The number of aliphatic hydroxyl groups is 1. The summed E-state index contributed by atoms with van der Waals surface area (Å²) in [6.45, 7) is 4.71. The summed E-state index contributed by atoms with van der Waals surface area (Å²) in [7, 11) is 1.73. The van der Waals surface area contributed by atoms with E-state index < -0.39 is 59.9 Å². The molecule has 7 atom stereocenters. The number of aromatic hydroxyl groups is 1. The van der Waals surface area contributed by atoms with E-state index in [0.717, 1.165) is 43.2 Å². The summed E-state index contributed by atoms with van der Waals surface area (Å²) in [5, 5.41) is 21.4. The Bertz CT molecular complexity index is 1320. The minimum Gasteiger partial charge on any atom is -0.508 e. The molecule has 4 rings (SSSR count). The number of benzene rings is 1. The molecule has 1 aromatic rings. The highest BCUT2D eigenvalue weighted by Crippen LogP contribution is 2.66. The van der Waals surface area contributed by atoms with Gasteiger partial charge < -0.3 is 15.1 Å². The standard InChI is InChI=1S/C35H47F12NO2/c1-29-20-26(36)28-24-12-11-23(49)19-22(24)18-21(27(28)25(29)13-15-30(29,2)50)10-6-4-8-16-48(3)17-9-5-7-14-31(37,38)32(39,40)33(41,42)34(43,44)35(45,46)47/h11-12,19,21,25-28,49-50H,4-10,13-18,20H2,1-3H3/t21-,25+,26+,27+,28+,29+,30+/m1/s1. The van der Waals surface area contributed by atoms with Gasteiger partial charge in [-0.05, 0) is 119 Å². The van der Waals surface area contributed by atoms with E-state index in [9.17, 15) is 58.5 Å². The molecule has 0 aliphatic heterocycles. The summed E-state index contributed by atoms with van der Waals surface area (Å²) in [6.07, 6.45) is -5.53. The van der Waals surface area contributed by atoms with Crippen LogP contribution in [0.25, 0.3) is 0 Å². The second-order valence-corrected chi connectivity index (χ2v) is 15.4. The van der Waals surface area contributed by atoms with Crippen LogP contribution in [0.1, 0.15) is 102 Å². The molecular weight excluding hydrogens is 694 g/mol. The number of halogens is 12. The van der Waals surface area contributed by atoms with Crippen LogP contribution in [0.4, 0.5) is 52.7 Å². The Kier molecular flexibility index (Phi) is 11.6. The van der Waals surface area contributed by atoms with E-state index in [1.165, 1.54) is 0 Å². The number of fused-ring (bicyclic) bond motifs is 5. The number of phenolic OH excluding ortho intramolecular Hbond substituents is 1. The summed E-state index contributed by atoms with van der Waals surface area (Å²) in [5.41, 5.74) is 0.366. The molecule has 2 N–H and O–H groups in total. The molecule has 0 saturated heterocycles. The maximum Gasteiger partial charge on any atom is 0.460 e. The highest BCUT2D eigenvalue weighted by Gasteiger charge is 2.86. The van der Waals surface area contributed by atoms with Gasteiger partial charge in [0.1, 0.15) is 11.9 Å². The van der Waals surface area contributed by atoms with Gasteiger partial charge in [-0.15, -0.1) is 0 Å². The zero-order valence-electron chi connectivity index (χ0n) is 28.4. The van der Waals surface area contributed by atoms with Gasteiger partial charge in [-0.3, -0.25) is 0 Å². The minimum atomic E-state index is -7.36. The van der Waals surface area contributed by atoms with Crippen molar-refractivity contribution in [3.63, 3.8) is 0 Å². The second kappa shape index (κ2) is 14.2. The zero-order chi connectivity index (χ0) is 37.7. The summed E-state index contributed by atoms with van der Waals surface area (Å²) in [6, 6.07) is 5.14. The minimum absolute atomic E-state index is 0.0390. The van der Waals surface area contributed by atoms with Gasteiger partial charge in [0.15, 0.2) is 0 Å². The Labute approximate surface area is 284 Å². The van der Waals surface area contributed by atoms with Crippen LogP contribution in [-0.2, 0) is 6.42 Å². The quantitative estimate of drug-likeness (QED) is 0.139. The summed E-state index contributed by atoms with van der Waals surface area (Å²) in [4.78, 5) is 1.85. The summed E-state index contributed by atoms with van der Waals surface area (Å²) >= 11 is 0. The van der Waals surface area contributed by atoms with Crippen molar-refractivity contribution in [2.45, 2.75) is 138 Å². The van der Waals surface area contributed by atoms with Gasteiger partial charge in [0.25, 0.3) is 0 Å². The molecule has 0 amide bonds. The molecule has 1 aromatic carbocycles. The molecule has 3 nitrogen and oxygen atoms in total. The lowest BCUT2D eigenvalue weighted by Crippen LogP contribution is -2.66. The molecule has 2 fully saturated rings. The van der Waals surface area contributed by atoms with E-state index in [4.69, 9.17) is 0 Å². The average molecular weight is 742 g/mol. The molecule has 0 aromatic heterocycles. The Balaban J connectivity index is 1.24. The number of rotatable bonds is 15. The lowest BCUT2D eigenvalue weighted by Gasteiger charge is -2.56. The van der Waals surface area contributed by atoms with Crippen LogP contribution in [-0.4, -0.2) is 76.9 Å². The third-order valence-electron chi connectivity index (χ3n) is 12.1. The first-order chi connectivity index (χ1) is 22.8. The van der Waals surface area contributed by atoms with Crippen LogP contribution >= 0.6 is 0 Å². The van der Waals surface area contributed by atoms with Crippen molar-refractivity contribution in [2.75, 3.05) is 20.1 Å². The van der Waals surface area contributed by atoms with Crippen LogP contribution in [0.15, 0.2) is 18.2 Å². The lowest BCUT2D eigenvalue weighted by molar-refractivity contribution is -0.422. The van der Waals surface area contributed by atoms with Crippen LogP contribution in [0.5, 0.6) is 5.75 Å². The van der Waals surface area contributed by atoms with Gasteiger partial charge in [0.05, 0.1) is 5.60 Å². The van der Waals surface area contributed by atoms with Crippen molar-refractivity contribution in [3.8, 4) is 5.75 Å². The summed E-state index contributed by atoms with van der Waals surface area (Å²) < 4.78 is 161. The fourth-order valence-corrected chi connectivity index (χ4v) is 9.03. The third-order valence-corrected chi connectivity index (χ3v) is 12.1. The number of alkyl halides is 12. The molecule has 0 unspecified atom stereocenters. The van der Waals surface area contributed by atoms with E-state index in [1.54, 1.807) is 19.2 Å². The second-order valence-electron chi connectivity index (χ2n) is 15.4. The Morgan fingerprint density at radius 3 is 2.02 bits per heavy atom. The van der Waals surface area contributed by atoms with Gasteiger partial charge in [-0.25, -0.2) is 4.39 Å². The fraction of sp³-hybridized carbons (Fsp3) is 0.829. The predicted molar refractivity (Wildman–Crippen MR) is 163 cm³/mol. The zero-order valence-corrected chi connectivity index (χ0v) is 28.4. The van der Waals surface area contributed by atoms with E-state index in [1.807, 2.05) is 24.8 Å². The molecule has 15 heteroatoms. The maximum absolute atomic E-state index is 16.1. The predicted octanol–water partition coefficient (Wildman–Crippen LogP) is 10.3. The number of nitrogens with zero attached hydrogens (tertiary/aromatic N) is 1. The average Bonchev–Trinajstić information content (AvgIpc) is 3.22. The van der Waals surface area contributed by atoms with Crippen LogP contribution in [0.2, 0.25) is 0 Å².